The normalized spacial score (nSPS) is 18.0. The van der Waals surface area contributed by atoms with Crippen molar-refractivity contribution in [3.63, 3.8) is 0 Å². The molecule has 1 saturated carbocycles. The second-order valence-corrected chi connectivity index (χ2v) is 9.46. The molecule has 0 atom stereocenters. The number of thiazole rings is 1. The highest BCUT2D eigenvalue weighted by Crippen LogP contribution is 2.29. The number of nitrogens with zero attached hydrogens (tertiary/aromatic N) is 2. The average Bonchev–Trinajstić information content (AvgIpc) is 3.42. The fraction of sp³-hybridized carbons (Fsp3) is 0.542. The SMILES string of the molecule is Cc1ccc(CC(=O)Cc2nc(CN3CCOCC3)cs2)c(C(=O)C2CCCC2)c1. The number of hydrogen-bond acceptors (Lipinski definition) is 6. The van der Waals surface area contributed by atoms with Crippen molar-refractivity contribution in [3.8, 4) is 0 Å². The second-order valence-electron chi connectivity index (χ2n) is 8.52. The summed E-state index contributed by atoms with van der Waals surface area (Å²) in [5, 5.41) is 2.91. The van der Waals surface area contributed by atoms with E-state index in [4.69, 9.17) is 4.74 Å². The van der Waals surface area contributed by atoms with Crippen LogP contribution in [0.4, 0.5) is 0 Å². The highest BCUT2D eigenvalue weighted by Gasteiger charge is 2.26. The average molecular weight is 427 g/mol. The Morgan fingerprint density at radius 1 is 1.17 bits per heavy atom. The van der Waals surface area contributed by atoms with Crippen LogP contribution in [0, 0.1) is 12.8 Å². The molecule has 2 heterocycles. The van der Waals surface area contributed by atoms with Gasteiger partial charge in [-0.1, -0.05) is 30.5 Å². The predicted octanol–water partition coefficient (Wildman–Crippen LogP) is 4.01. The van der Waals surface area contributed by atoms with E-state index in [-0.39, 0.29) is 17.5 Å². The van der Waals surface area contributed by atoms with Gasteiger partial charge in [-0.05, 0) is 31.4 Å². The van der Waals surface area contributed by atoms with Crippen molar-refractivity contribution >= 4 is 22.9 Å². The maximum atomic E-state index is 13.0. The standard InChI is InChI=1S/C24H30N2O3S/c1-17-6-7-19(22(12-17)24(28)18-4-2-3-5-18)13-21(27)14-23-25-20(16-30-23)15-26-8-10-29-11-9-26/h6-7,12,16,18H,2-5,8-11,13-15H2,1H3. The lowest BCUT2D eigenvalue weighted by Crippen LogP contribution is -2.35. The molecule has 6 heteroatoms. The van der Waals surface area contributed by atoms with E-state index >= 15 is 0 Å². The zero-order chi connectivity index (χ0) is 20.9. The summed E-state index contributed by atoms with van der Waals surface area (Å²) >= 11 is 1.55. The van der Waals surface area contributed by atoms with Crippen molar-refractivity contribution in [1.82, 2.24) is 9.88 Å². The van der Waals surface area contributed by atoms with Crippen molar-refractivity contribution in [2.75, 3.05) is 26.3 Å². The van der Waals surface area contributed by atoms with Crippen LogP contribution in [0.5, 0.6) is 0 Å². The molecule has 1 aromatic heterocycles. The summed E-state index contributed by atoms with van der Waals surface area (Å²) < 4.78 is 5.39. The molecular formula is C24H30N2O3S. The fourth-order valence-corrected chi connectivity index (χ4v) is 5.23. The van der Waals surface area contributed by atoms with Crippen LogP contribution < -0.4 is 0 Å². The van der Waals surface area contributed by atoms with Gasteiger partial charge in [0.1, 0.15) is 10.8 Å². The molecule has 1 aromatic carbocycles. The van der Waals surface area contributed by atoms with Crippen LogP contribution in [0.25, 0.3) is 0 Å². The Labute approximate surface area is 182 Å². The van der Waals surface area contributed by atoms with Crippen molar-refractivity contribution < 1.29 is 14.3 Å². The third-order valence-electron chi connectivity index (χ3n) is 6.08. The first-order chi connectivity index (χ1) is 14.6. The van der Waals surface area contributed by atoms with Crippen LogP contribution in [-0.2, 0) is 28.9 Å². The van der Waals surface area contributed by atoms with Gasteiger partial charge in [-0.15, -0.1) is 11.3 Å². The number of ether oxygens (including phenoxy) is 1. The first-order valence-corrected chi connectivity index (χ1v) is 11.9. The maximum absolute atomic E-state index is 13.0. The molecule has 2 fully saturated rings. The van der Waals surface area contributed by atoms with E-state index in [2.05, 4.69) is 15.3 Å². The molecule has 0 unspecified atom stereocenters. The molecule has 1 aliphatic heterocycles. The summed E-state index contributed by atoms with van der Waals surface area (Å²) in [7, 11) is 0. The van der Waals surface area contributed by atoms with Crippen molar-refractivity contribution in [2.24, 2.45) is 5.92 Å². The van der Waals surface area contributed by atoms with E-state index in [9.17, 15) is 9.59 Å². The van der Waals surface area contributed by atoms with Crippen molar-refractivity contribution in [3.05, 3.63) is 51.0 Å². The Balaban J connectivity index is 1.39. The summed E-state index contributed by atoms with van der Waals surface area (Å²) in [6, 6.07) is 5.92. The largest absolute Gasteiger partial charge is 0.379 e. The van der Waals surface area contributed by atoms with Crippen molar-refractivity contribution in [1.29, 1.82) is 0 Å². The maximum Gasteiger partial charge on any atom is 0.166 e. The fourth-order valence-electron chi connectivity index (χ4n) is 4.42. The molecule has 0 spiro atoms. The topological polar surface area (TPSA) is 59.5 Å². The summed E-state index contributed by atoms with van der Waals surface area (Å²) in [6.45, 7) is 6.21. The van der Waals surface area contributed by atoms with Gasteiger partial charge in [0.2, 0.25) is 0 Å². The number of aromatic nitrogens is 1. The number of Topliss-reactive ketones (excluding diaryl/α,β-unsaturated/α-hetero) is 2. The predicted molar refractivity (Wildman–Crippen MR) is 118 cm³/mol. The number of ketones is 2. The molecule has 4 rings (SSSR count). The van der Waals surface area contributed by atoms with E-state index in [0.717, 1.165) is 85.9 Å². The zero-order valence-electron chi connectivity index (χ0n) is 17.7. The quantitative estimate of drug-likeness (QED) is 0.597. The smallest absolute Gasteiger partial charge is 0.166 e. The number of aryl methyl sites for hydroxylation is 1. The lowest BCUT2D eigenvalue weighted by molar-refractivity contribution is -0.117. The number of rotatable bonds is 8. The monoisotopic (exact) mass is 426 g/mol. The van der Waals surface area contributed by atoms with Crippen LogP contribution in [0.15, 0.2) is 23.6 Å². The number of benzene rings is 1. The van der Waals surface area contributed by atoms with Gasteiger partial charge in [0.15, 0.2) is 5.78 Å². The van der Waals surface area contributed by atoms with Crippen LogP contribution >= 0.6 is 11.3 Å². The highest BCUT2D eigenvalue weighted by molar-refractivity contribution is 7.09. The number of carbonyl (C=O) groups excluding carboxylic acids is 2. The van der Waals surface area contributed by atoms with Gasteiger partial charge in [-0.3, -0.25) is 14.5 Å². The minimum Gasteiger partial charge on any atom is -0.379 e. The van der Waals surface area contributed by atoms with E-state index < -0.39 is 0 Å². The zero-order valence-corrected chi connectivity index (χ0v) is 18.5. The lowest BCUT2D eigenvalue weighted by atomic mass is 9.90. The molecule has 0 amide bonds. The summed E-state index contributed by atoms with van der Waals surface area (Å²) in [4.78, 5) is 32.8. The summed E-state index contributed by atoms with van der Waals surface area (Å²) in [5.74, 6) is 0.468. The molecule has 1 aliphatic carbocycles. The van der Waals surface area contributed by atoms with Gasteiger partial charge in [0.25, 0.3) is 0 Å². The van der Waals surface area contributed by atoms with Crippen molar-refractivity contribution in [2.45, 2.75) is 52.0 Å². The lowest BCUT2D eigenvalue weighted by Gasteiger charge is -2.25. The molecule has 2 aliphatic rings. The minimum atomic E-state index is 0.117. The second kappa shape index (κ2) is 9.94. The van der Waals surface area contributed by atoms with Gasteiger partial charge < -0.3 is 4.74 Å². The molecule has 1 saturated heterocycles. The van der Waals surface area contributed by atoms with E-state index in [0.29, 0.717) is 12.8 Å². The molecule has 0 bridgehead atoms. The number of hydrogen-bond donors (Lipinski definition) is 0. The molecule has 30 heavy (non-hydrogen) atoms. The number of morpholine rings is 1. The Kier molecular flexibility index (Phi) is 7.08. The Bertz CT molecular complexity index is 896. The number of carbonyl (C=O) groups is 2. The van der Waals surface area contributed by atoms with Crippen LogP contribution in [-0.4, -0.2) is 47.8 Å². The molecule has 160 valence electrons. The van der Waals surface area contributed by atoms with Gasteiger partial charge in [-0.2, -0.15) is 0 Å². The van der Waals surface area contributed by atoms with E-state index in [1.807, 2.05) is 25.1 Å². The molecule has 5 nitrogen and oxygen atoms in total. The third-order valence-corrected chi connectivity index (χ3v) is 6.98. The van der Waals surface area contributed by atoms with Gasteiger partial charge in [0, 0.05) is 42.9 Å². The van der Waals surface area contributed by atoms with E-state index in [1.165, 1.54) is 0 Å². The van der Waals surface area contributed by atoms with E-state index in [1.54, 1.807) is 11.3 Å². The Morgan fingerprint density at radius 3 is 2.70 bits per heavy atom. The van der Waals surface area contributed by atoms with Crippen LogP contribution in [0.3, 0.4) is 0 Å². The minimum absolute atomic E-state index is 0.117. The molecular weight excluding hydrogens is 396 g/mol. The highest BCUT2D eigenvalue weighted by atomic mass is 32.1. The third kappa shape index (κ3) is 5.42. The van der Waals surface area contributed by atoms with Gasteiger partial charge in [-0.25, -0.2) is 4.98 Å². The van der Waals surface area contributed by atoms with Crippen LogP contribution in [0.2, 0.25) is 0 Å². The first kappa shape index (κ1) is 21.3. The first-order valence-electron chi connectivity index (χ1n) is 11.0. The molecule has 2 aromatic rings. The van der Waals surface area contributed by atoms with Gasteiger partial charge >= 0.3 is 0 Å². The Hall–Kier alpha value is -1.89. The summed E-state index contributed by atoms with van der Waals surface area (Å²) in [5.41, 5.74) is 3.72. The van der Waals surface area contributed by atoms with Gasteiger partial charge in [0.05, 0.1) is 25.3 Å². The molecule has 0 N–H and O–H groups in total. The van der Waals surface area contributed by atoms with Crippen LogP contribution in [0.1, 0.15) is 57.9 Å². The molecule has 0 radical (unpaired) electrons. The summed E-state index contributed by atoms with van der Waals surface area (Å²) in [6.07, 6.45) is 4.85. The Morgan fingerprint density at radius 2 is 1.93 bits per heavy atom.